The first-order chi connectivity index (χ1) is 18.0. The number of hydrogen-bond acceptors (Lipinski definition) is 4. The van der Waals surface area contributed by atoms with E-state index in [4.69, 9.17) is 0 Å². The van der Waals surface area contributed by atoms with Crippen LogP contribution in [0.5, 0.6) is 5.75 Å². The van der Waals surface area contributed by atoms with E-state index in [0.717, 1.165) is 20.9 Å². The standard InChI is InChI=1S/C29H23F2N3O2S/c30-28(31)36-23-15-11-21(12-16-23)27-26(20-7-3-1-4-8-20)19-34(33-27)29(35)32-22-13-17-25(18-14-22)37-24-9-5-2-6-10-24/h1-18,26,28H,19H2,(H,32,35). The lowest BCUT2D eigenvalue weighted by Gasteiger charge is -2.16. The average molecular weight is 516 g/mol. The SMILES string of the molecule is O=C(Nc1ccc(Sc2ccccc2)cc1)N1CC(c2ccccc2)C(c2ccc(OC(F)F)cc2)=N1. The van der Waals surface area contributed by atoms with Crippen LogP contribution in [0.4, 0.5) is 19.3 Å². The maximum absolute atomic E-state index is 13.1. The van der Waals surface area contributed by atoms with Crippen molar-refractivity contribution in [1.82, 2.24) is 5.01 Å². The van der Waals surface area contributed by atoms with Crippen molar-refractivity contribution >= 4 is 29.2 Å². The monoisotopic (exact) mass is 515 g/mol. The first kappa shape index (κ1) is 24.5. The molecule has 1 unspecified atom stereocenters. The number of nitrogens with zero attached hydrogens (tertiary/aromatic N) is 2. The topological polar surface area (TPSA) is 53.9 Å². The van der Waals surface area contributed by atoms with Gasteiger partial charge < -0.3 is 10.1 Å². The van der Waals surface area contributed by atoms with Gasteiger partial charge in [0.1, 0.15) is 5.75 Å². The van der Waals surface area contributed by atoms with Crippen molar-refractivity contribution in [3.63, 3.8) is 0 Å². The molecular formula is C29H23F2N3O2S. The maximum Gasteiger partial charge on any atom is 0.387 e. The van der Waals surface area contributed by atoms with E-state index in [0.29, 0.717) is 17.9 Å². The van der Waals surface area contributed by atoms with Gasteiger partial charge in [-0.25, -0.2) is 9.80 Å². The molecule has 0 radical (unpaired) electrons. The van der Waals surface area contributed by atoms with Crippen molar-refractivity contribution in [1.29, 1.82) is 0 Å². The Bertz CT molecular complexity index is 1370. The highest BCUT2D eigenvalue weighted by Crippen LogP contribution is 2.31. The zero-order valence-corrected chi connectivity index (χ0v) is 20.4. The summed E-state index contributed by atoms with van der Waals surface area (Å²) in [5.41, 5.74) is 3.08. The third kappa shape index (κ3) is 6.16. The quantitative estimate of drug-likeness (QED) is 0.278. The molecule has 0 aliphatic carbocycles. The summed E-state index contributed by atoms with van der Waals surface area (Å²) in [5, 5.41) is 8.94. The number of urea groups is 1. The summed E-state index contributed by atoms with van der Waals surface area (Å²) in [6.07, 6.45) is 0. The second kappa shape index (κ2) is 11.3. The van der Waals surface area contributed by atoms with Crippen molar-refractivity contribution in [3.8, 4) is 5.75 Å². The van der Waals surface area contributed by atoms with Crippen molar-refractivity contribution in [2.75, 3.05) is 11.9 Å². The Balaban J connectivity index is 1.32. The summed E-state index contributed by atoms with van der Waals surface area (Å²) in [4.78, 5) is 15.3. The van der Waals surface area contributed by atoms with Crippen LogP contribution in [-0.4, -0.2) is 29.9 Å². The van der Waals surface area contributed by atoms with Gasteiger partial charge in [-0.1, -0.05) is 60.3 Å². The highest BCUT2D eigenvalue weighted by Gasteiger charge is 2.32. The molecule has 2 amide bonds. The van der Waals surface area contributed by atoms with E-state index < -0.39 is 6.61 Å². The number of halogens is 2. The first-order valence-corrected chi connectivity index (χ1v) is 12.5. The van der Waals surface area contributed by atoms with Crippen LogP contribution in [0.3, 0.4) is 0 Å². The smallest absolute Gasteiger partial charge is 0.387 e. The van der Waals surface area contributed by atoms with E-state index >= 15 is 0 Å². The lowest BCUT2D eigenvalue weighted by molar-refractivity contribution is -0.0498. The molecule has 5 nitrogen and oxygen atoms in total. The van der Waals surface area contributed by atoms with Crippen LogP contribution in [0.2, 0.25) is 0 Å². The van der Waals surface area contributed by atoms with Gasteiger partial charge >= 0.3 is 12.6 Å². The second-order valence-electron chi connectivity index (χ2n) is 8.30. The normalized spacial score (nSPS) is 14.9. The van der Waals surface area contributed by atoms with Gasteiger partial charge in [-0.15, -0.1) is 0 Å². The van der Waals surface area contributed by atoms with Crippen LogP contribution >= 0.6 is 11.8 Å². The Morgan fingerprint density at radius 1 is 0.865 bits per heavy atom. The van der Waals surface area contributed by atoms with Crippen molar-refractivity contribution in [2.24, 2.45) is 5.10 Å². The van der Waals surface area contributed by atoms with E-state index in [2.05, 4.69) is 15.2 Å². The molecule has 1 N–H and O–H groups in total. The lowest BCUT2D eigenvalue weighted by atomic mass is 9.90. The lowest BCUT2D eigenvalue weighted by Crippen LogP contribution is -2.30. The summed E-state index contributed by atoms with van der Waals surface area (Å²) >= 11 is 1.64. The second-order valence-corrected chi connectivity index (χ2v) is 9.45. The van der Waals surface area contributed by atoms with Crippen LogP contribution in [0.25, 0.3) is 0 Å². The van der Waals surface area contributed by atoms with E-state index in [1.807, 2.05) is 84.9 Å². The third-order valence-electron chi connectivity index (χ3n) is 5.81. The number of hydrazone groups is 1. The Hall–Kier alpha value is -4.17. The van der Waals surface area contributed by atoms with Gasteiger partial charge in [0.2, 0.25) is 0 Å². The van der Waals surface area contributed by atoms with Crippen LogP contribution < -0.4 is 10.1 Å². The molecule has 1 atom stereocenters. The number of amides is 2. The van der Waals surface area contributed by atoms with Crippen molar-refractivity contribution in [2.45, 2.75) is 22.3 Å². The molecule has 0 fully saturated rings. The molecule has 4 aromatic carbocycles. The highest BCUT2D eigenvalue weighted by molar-refractivity contribution is 7.99. The van der Waals surface area contributed by atoms with E-state index in [1.54, 1.807) is 23.9 Å². The molecule has 0 saturated heterocycles. The van der Waals surface area contributed by atoms with Crippen molar-refractivity contribution < 1.29 is 18.3 Å². The highest BCUT2D eigenvalue weighted by atomic mass is 32.2. The molecular weight excluding hydrogens is 492 g/mol. The van der Waals surface area contributed by atoms with Gasteiger partial charge in [0.25, 0.3) is 0 Å². The Labute approximate surface area is 217 Å². The van der Waals surface area contributed by atoms with Gasteiger partial charge in [0.05, 0.1) is 12.3 Å². The molecule has 5 rings (SSSR count). The largest absolute Gasteiger partial charge is 0.435 e. The number of hydrogen-bond donors (Lipinski definition) is 1. The summed E-state index contributed by atoms with van der Waals surface area (Å²) in [6.45, 7) is -2.54. The minimum absolute atomic E-state index is 0.0667. The molecule has 0 spiro atoms. The van der Waals surface area contributed by atoms with Crippen LogP contribution in [0.1, 0.15) is 17.0 Å². The Morgan fingerprint density at radius 2 is 1.49 bits per heavy atom. The minimum Gasteiger partial charge on any atom is -0.435 e. The molecule has 186 valence electrons. The molecule has 37 heavy (non-hydrogen) atoms. The minimum atomic E-state index is -2.89. The van der Waals surface area contributed by atoms with Crippen LogP contribution in [0.15, 0.2) is 124 Å². The fourth-order valence-corrected chi connectivity index (χ4v) is 4.90. The summed E-state index contributed by atoms with van der Waals surface area (Å²) in [5.74, 6) is -0.101. The van der Waals surface area contributed by atoms with Crippen molar-refractivity contribution in [3.05, 3.63) is 120 Å². The van der Waals surface area contributed by atoms with Crippen LogP contribution in [0, 0.1) is 0 Å². The van der Waals surface area contributed by atoms with Gasteiger partial charge in [0.15, 0.2) is 0 Å². The molecule has 1 heterocycles. The molecule has 0 aromatic heterocycles. The number of rotatable bonds is 7. The number of nitrogens with one attached hydrogen (secondary N) is 1. The predicted octanol–water partition coefficient (Wildman–Crippen LogP) is 7.47. The summed E-state index contributed by atoms with van der Waals surface area (Å²) < 4.78 is 29.6. The van der Waals surface area contributed by atoms with Crippen LogP contribution in [-0.2, 0) is 0 Å². The maximum atomic E-state index is 13.1. The number of alkyl halides is 2. The molecule has 1 aliphatic rings. The number of anilines is 1. The predicted molar refractivity (Wildman–Crippen MR) is 142 cm³/mol. The molecule has 8 heteroatoms. The molecule has 1 aliphatic heterocycles. The van der Waals surface area contributed by atoms with Gasteiger partial charge in [-0.3, -0.25) is 0 Å². The fourth-order valence-electron chi connectivity index (χ4n) is 4.06. The number of ether oxygens (including phenoxy) is 1. The summed E-state index contributed by atoms with van der Waals surface area (Å²) in [7, 11) is 0. The zero-order valence-electron chi connectivity index (χ0n) is 19.6. The van der Waals surface area contributed by atoms with Gasteiger partial charge in [0, 0.05) is 21.4 Å². The third-order valence-corrected chi connectivity index (χ3v) is 6.83. The van der Waals surface area contributed by atoms with Gasteiger partial charge in [-0.2, -0.15) is 13.9 Å². The molecule has 4 aromatic rings. The Kier molecular flexibility index (Phi) is 7.46. The first-order valence-electron chi connectivity index (χ1n) is 11.7. The Morgan fingerprint density at radius 3 is 2.14 bits per heavy atom. The zero-order chi connectivity index (χ0) is 25.6. The van der Waals surface area contributed by atoms with E-state index in [-0.39, 0.29) is 17.7 Å². The number of benzene rings is 4. The molecule has 0 saturated carbocycles. The van der Waals surface area contributed by atoms with E-state index in [9.17, 15) is 13.6 Å². The van der Waals surface area contributed by atoms with E-state index in [1.165, 1.54) is 17.1 Å². The summed E-state index contributed by atoms with van der Waals surface area (Å²) in [6, 6.07) is 33.4. The number of carbonyl (C=O) groups is 1. The van der Waals surface area contributed by atoms with Gasteiger partial charge in [-0.05, 0) is 71.8 Å². The number of carbonyl (C=O) groups excluding carboxylic acids is 1. The fraction of sp³-hybridized carbons (Fsp3) is 0.103. The molecule has 0 bridgehead atoms. The average Bonchev–Trinajstić information content (AvgIpc) is 3.37.